The van der Waals surface area contributed by atoms with Crippen molar-refractivity contribution in [2.24, 2.45) is 17.8 Å². The molecule has 196 valence electrons. The quantitative estimate of drug-likeness (QED) is 0.469. The van der Waals surface area contributed by atoms with Crippen LogP contribution in [0.25, 0.3) is 0 Å². The number of anilines is 2. The van der Waals surface area contributed by atoms with Crippen LogP contribution in [0, 0.1) is 17.8 Å². The number of aliphatic hydroxyl groups is 1. The first-order valence-corrected chi connectivity index (χ1v) is 13.7. The third kappa shape index (κ3) is 4.36. The Morgan fingerprint density at radius 3 is 2.35 bits per heavy atom. The predicted molar refractivity (Wildman–Crippen MR) is 144 cm³/mol. The Labute approximate surface area is 225 Å². The smallest absolute Gasteiger partial charge is 0.248 e. The lowest BCUT2D eigenvalue weighted by atomic mass is 9.66. The van der Waals surface area contributed by atoms with Gasteiger partial charge in [0.05, 0.1) is 29.8 Å². The molecular formula is C27H30ClN3O5S. The highest BCUT2D eigenvalue weighted by atomic mass is 35.5. The molecule has 37 heavy (non-hydrogen) atoms. The molecule has 5 rings (SSSR count). The number of hydrogen-bond acceptors (Lipinski definition) is 6. The van der Waals surface area contributed by atoms with Crippen molar-refractivity contribution in [1.29, 1.82) is 0 Å². The van der Waals surface area contributed by atoms with Crippen molar-refractivity contribution in [2.45, 2.75) is 36.3 Å². The van der Waals surface area contributed by atoms with Gasteiger partial charge in [0.1, 0.15) is 11.8 Å². The first-order valence-electron chi connectivity index (χ1n) is 12.5. The Bertz CT molecular complexity index is 1190. The fourth-order valence-corrected chi connectivity index (χ4v) is 8.79. The molecule has 3 saturated heterocycles. The van der Waals surface area contributed by atoms with E-state index in [4.69, 9.17) is 16.3 Å². The molecule has 0 aliphatic carbocycles. The highest BCUT2D eigenvalue weighted by molar-refractivity contribution is 8.02. The van der Waals surface area contributed by atoms with Crippen LogP contribution in [-0.2, 0) is 14.4 Å². The van der Waals surface area contributed by atoms with Crippen molar-refractivity contribution < 1.29 is 24.2 Å². The number of carbonyl (C=O) groups is 3. The number of thioether (sulfide) groups is 1. The Hall–Kier alpha value is -2.75. The van der Waals surface area contributed by atoms with Gasteiger partial charge in [-0.2, -0.15) is 0 Å². The molecule has 3 N–H and O–H groups in total. The number of hydrogen-bond donors (Lipinski definition) is 3. The van der Waals surface area contributed by atoms with Gasteiger partial charge in [-0.3, -0.25) is 14.4 Å². The molecule has 1 spiro atoms. The van der Waals surface area contributed by atoms with Gasteiger partial charge in [-0.1, -0.05) is 18.5 Å². The van der Waals surface area contributed by atoms with Gasteiger partial charge < -0.3 is 25.4 Å². The lowest BCUT2D eigenvalue weighted by Crippen LogP contribution is -2.55. The van der Waals surface area contributed by atoms with E-state index in [0.717, 1.165) is 6.42 Å². The van der Waals surface area contributed by atoms with Gasteiger partial charge in [0.2, 0.25) is 17.7 Å². The van der Waals surface area contributed by atoms with Crippen LogP contribution < -0.4 is 15.4 Å². The number of amides is 3. The van der Waals surface area contributed by atoms with Crippen molar-refractivity contribution >= 4 is 52.5 Å². The van der Waals surface area contributed by atoms with Crippen LogP contribution in [-0.4, -0.2) is 63.5 Å². The van der Waals surface area contributed by atoms with Crippen LogP contribution in [0.2, 0.25) is 5.02 Å². The summed E-state index contributed by atoms with van der Waals surface area (Å²) < 4.78 is 4.72. The minimum atomic E-state index is -0.805. The van der Waals surface area contributed by atoms with E-state index in [1.54, 1.807) is 60.3 Å². The lowest BCUT2D eigenvalue weighted by molar-refractivity contribution is -0.138. The molecule has 0 radical (unpaired) electrons. The number of nitrogens with one attached hydrogen (secondary N) is 2. The van der Waals surface area contributed by atoms with Gasteiger partial charge in [-0.15, -0.1) is 11.8 Å². The number of ether oxygens (including phenoxy) is 1. The maximum atomic E-state index is 13.8. The molecule has 2 bridgehead atoms. The first kappa shape index (κ1) is 25.9. The van der Waals surface area contributed by atoms with E-state index in [1.165, 1.54) is 4.90 Å². The van der Waals surface area contributed by atoms with E-state index in [9.17, 15) is 19.5 Å². The standard InChI is InChI=1S/C27H30ClN3O5S/c1-3-36-19-10-8-18(9-11-19)29-24(33)21-20-14-15(2)27(37-20)22(21)26(35)31(12-13-32)23(27)25(34)30-17-6-4-16(28)5-7-17/h4-11,15,20-23,32H,3,12-14H2,1-2H3,(H,29,33)(H,30,34)/t15?,20-,21+,22+,23?,27?/m1/s1. The second kappa shape index (κ2) is 10.2. The predicted octanol–water partition coefficient (Wildman–Crippen LogP) is 3.65. The van der Waals surface area contributed by atoms with Gasteiger partial charge in [0.25, 0.3) is 0 Å². The van der Waals surface area contributed by atoms with Crippen LogP contribution >= 0.6 is 23.4 Å². The van der Waals surface area contributed by atoms with Gasteiger partial charge in [-0.25, -0.2) is 0 Å². The maximum Gasteiger partial charge on any atom is 0.248 e. The number of likely N-dealkylation sites (tertiary alicyclic amines) is 1. The molecule has 0 saturated carbocycles. The Morgan fingerprint density at radius 2 is 1.73 bits per heavy atom. The van der Waals surface area contributed by atoms with Crippen LogP contribution in [0.5, 0.6) is 5.75 Å². The van der Waals surface area contributed by atoms with Crippen molar-refractivity contribution in [3.8, 4) is 5.75 Å². The van der Waals surface area contributed by atoms with Gasteiger partial charge in [0, 0.05) is 28.2 Å². The monoisotopic (exact) mass is 543 g/mol. The molecule has 3 aliphatic rings. The van der Waals surface area contributed by atoms with Gasteiger partial charge in [0.15, 0.2) is 0 Å². The number of nitrogens with zero attached hydrogens (tertiary/aromatic N) is 1. The van der Waals surface area contributed by atoms with Crippen molar-refractivity contribution in [3.63, 3.8) is 0 Å². The summed E-state index contributed by atoms with van der Waals surface area (Å²) in [4.78, 5) is 42.6. The zero-order chi connectivity index (χ0) is 26.3. The highest BCUT2D eigenvalue weighted by Crippen LogP contribution is 2.68. The molecule has 6 atom stereocenters. The Morgan fingerprint density at radius 1 is 1.11 bits per heavy atom. The summed E-state index contributed by atoms with van der Waals surface area (Å²) in [6.07, 6.45) is 0.730. The Balaban J connectivity index is 1.43. The zero-order valence-electron chi connectivity index (χ0n) is 20.6. The number of fused-ring (bicyclic) bond motifs is 1. The number of carbonyl (C=O) groups excluding carboxylic acids is 3. The lowest BCUT2D eigenvalue weighted by Gasteiger charge is -2.38. The second-order valence-electron chi connectivity index (χ2n) is 9.75. The molecule has 3 unspecified atom stereocenters. The summed E-state index contributed by atoms with van der Waals surface area (Å²) in [6, 6.07) is 13.1. The number of rotatable bonds is 8. The summed E-state index contributed by atoms with van der Waals surface area (Å²) in [5, 5.41) is 16.1. The molecule has 0 aromatic heterocycles. The van der Waals surface area contributed by atoms with Gasteiger partial charge >= 0.3 is 0 Å². The average Bonchev–Trinajstić information content (AvgIpc) is 3.46. The fraction of sp³-hybridized carbons (Fsp3) is 0.444. The summed E-state index contributed by atoms with van der Waals surface area (Å²) in [6.45, 7) is 4.26. The van der Waals surface area contributed by atoms with E-state index >= 15 is 0 Å². The number of aliphatic hydroxyl groups excluding tert-OH is 1. The summed E-state index contributed by atoms with van der Waals surface area (Å²) in [5.41, 5.74) is 1.19. The van der Waals surface area contributed by atoms with Crippen molar-refractivity contribution in [1.82, 2.24) is 4.90 Å². The van der Waals surface area contributed by atoms with Crippen LogP contribution in [0.15, 0.2) is 48.5 Å². The number of halogens is 1. The topological polar surface area (TPSA) is 108 Å². The Kier molecular flexibility index (Phi) is 7.13. The van der Waals surface area contributed by atoms with Gasteiger partial charge in [-0.05, 0) is 67.8 Å². The first-order chi connectivity index (χ1) is 17.8. The molecule has 2 aromatic carbocycles. The summed E-state index contributed by atoms with van der Waals surface area (Å²) in [7, 11) is 0. The van der Waals surface area contributed by atoms with E-state index in [0.29, 0.717) is 28.8 Å². The van der Waals surface area contributed by atoms with Crippen LogP contribution in [0.1, 0.15) is 20.3 Å². The zero-order valence-corrected chi connectivity index (χ0v) is 22.2. The van der Waals surface area contributed by atoms with E-state index < -0.39 is 22.6 Å². The molecule has 3 amide bonds. The third-order valence-corrected chi connectivity index (χ3v) is 10.0. The summed E-state index contributed by atoms with van der Waals surface area (Å²) >= 11 is 7.58. The molecule has 3 aliphatic heterocycles. The highest BCUT2D eigenvalue weighted by Gasteiger charge is 2.75. The van der Waals surface area contributed by atoms with Crippen LogP contribution in [0.3, 0.4) is 0 Å². The minimum absolute atomic E-state index is 0.0287. The fourth-order valence-electron chi connectivity index (χ4n) is 6.24. The van der Waals surface area contributed by atoms with Crippen molar-refractivity contribution in [3.05, 3.63) is 53.6 Å². The SMILES string of the molecule is CCOc1ccc(NC(=O)[C@@H]2[C@H]3C(=O)N(CCO)C(C(=O)Nc4ccc(Cl)cc4)C34S[C@@H]2CC4C)cc1. The van der Waals surface area contributed by atoms with Crippen LogP contribution in [0.4, 0.5) is 11.4 Å². The minimum Gasteiger partial charge on any atom is -0.494 e. The molecule has 3 heterocycles. The number of benzene rings is 2. The normalized spacial score (nSPS) is 29.8. The van der Waals surface area contributed by atoms with E-state index in [2.05, 4.69) is 17.6 Å². The van der Waals surface area contributed by atoms with Crippen molar-refractivity contribution in [2.75, 3.05) is 30.4 Å². The van der Waals surface area contributed by atoms with E-state index in [1.807, 2.05) is 6.92 Å². The average molecular weight is 544 g/mol. The number of β-amino-alcohol motifs (C(OH)–C–C–N with tert-alkyl or cyclic N) is 1. The molecule has 8 nitrogen and oxygen atoms in total. The largest absolute Gasteiger partial charge is 0.494 e. The molecule has 3 fully saturated rings. The molecule has 2 aromatic rings. The third-order valence-electron chi connectivity index (χ3n) is 7.68. The molecular weight excluding hydrogens is 514 g/mol. The molecule has 10 heteroatoms. The second-order valence-corrected chi connectivity index (χ2v) is 11.7. The summed E-state index contributed by atoms with van der Waals surface area (Å²) in [5.74, 6) is -1.27. The van der Waals surface area contributed by atoms with E-state index in [-0.39, 0.29) is 42.0 Å². The maximum absolute atomic E-state index is 13.8.